The fourth-order valence-electron chi connectivity index (χ4n) is 2.65. The van der Waals surface area contributed by atoms with Crippen molar-refractivity contribution in [2.45, 2.75) is 13.2 Å². The van der Waals surface area contributed by atoms with E-state index < -0.39 is 18.1 Å². The van der Waals surface area contributed by atoms with Gasteiger partial charge in [0.25, 0.3) is 11.8 Å². The Labute approximate surface area is 188 Å². The minimum Gasteiger partial charge on any atom is -0.395 e. The van der Waals surface area contributed by atoms with Gasteiger partial charge in [0.15, 0.2) is 11.5 Å². The molecule has 0 bridgehead atoms. The van der Waals surface area contributed by atoms with Crippen LogP contribution in [0.3, 0.4) is 0 Å². The summed E-state index contributed by atoms with van der Waals surface area (Å²) in [6.45, 7) is 5.29. The van der Waals surface area contributed by atoms with Gasteiger partial charge in [-0.25, -0.2) is 4.98 Å². The predicted molar refractivity (Wildman–Crippen MR) is 113 cm³/mol. The van der Waals surface area contributed by atoms with Crippen LogP contribution in [0.5, 0.6) is 11.5 Å². The zero-order valence-corrected chi connectivity index (χ0v) is 17.5. The summed E-state index contributed by atoms with van der Waals surface area (Å²) in [5.41, 5.74) is 0.683. The van der Waals surface area contributed by atoms with Crippen LogP contribution in [0.2, 0.25) is 0 Å². The lowest BCUT2D eigenvalue weighted by atomic mass is 10.2. The summed E-state index contributed by atoms with van der Waals surface area (Å²) in [7, 11) is 0. The first-order valence-corrected chi connectivity index (χ1v) is 9.51. The highest BCUT2D eigenvalue weighted by molar-refractivity contribution is 6.29. The lowest BCUT2D eigenvalue weighted by Gasteiger charge is -2.04. The van der Waals surface area contributed by atoms with Gasteiger partial charge in [-0.3, -0.25) is 25.3 Å². The number of nitrogens with zero attached hydrogens (tertiary/aromatic N) is 3. The molecule has 33 heavy (non-hydrogen) atoms. The molecule has 0 spiro atoms. The maximum absolute atomic E-state index is 13.2. The van der Waals surface area contributed by atoms with E-state index >= 15 is 0 Å². The second kappa shape index (κ2) is 8.35. The van der Waals surface area contributed by atoms with Gasteiger partial charge < -0.3 is 14.5 Å². The van der Waals surface area contributed by atoms with E-state index in [9.17, 15) is 18.4 Å². The molecule has 2 aromatic heterocycles. The number of alkyl halides is 2. The molecule has 3 heterocycles. The van der Waals surface area contributed by atoms with Crippen molar-refractivity contribution in [3.8, 4) is 11.5 Å². The molecule has 2 amide bonds. The Morgan fingerprint density at radius 1 is 1.21 bits per heavy atom. The third kappa shape index (κ3) is 4.98. The van der Waals surface area contributed by atoms with E-state index in [1.807, 2.05) is 0 Å². The van der Waals surface area contributed by atoms with E-state index in [2.05, 4.69) is 51.8 Å². The molecule has 0 radical (unpaired) electrons. The fourth-order valence-corrected chi connectivity index (χ4v) is 2.73. The minimum absolute atomic E-state index is 0.00794. The standard InChI is InChI=1S/C19H14ClF2N7O4/c1-8(4-3-5-9(2)20)15(30)26-18-25-14(28-29-18)16(31)27-17-23-10-6-12-13(7-11(10)24-17)33-19(21,22)32-12/h3-7H,1H2,2H3,(H2,23,24,27,31)(H2,25,26,28,29,30)/b4-3-,9-5+. The first-order chi connectivity index (χ1) is 15.6. The number of imidazole rings is 1. The highest BCUT2D eigenvalue weighted by Crippen LogP contribution is 2.42. The van der Waals surface area contributed by atoms with Crippen molar-refractivity contribution < 1.29 is 27.8 Å². The molecule has 170 valence electrons. The molecule has 3 aromatic rings. The third-order valence-corrected chi connectivity index (χ3v) is 4.20. The summed E-state index contributed by atoms with van der Waals surface area (Å²) in [5, 5.41) is 11.5. The second-order valence-electron chi connectivity index (χ2n) is 6.62. The number of hydrogen-bond donors (Lipinski definition) is 4. The van der Waals surface area contributed by atoms with Gasteiger partial charge in [-0.05, 0) is 13.0 Å². The quantitative estimate of drug-likeness (QED) is 0.314. The summed E-state index contributed by atoms with van der Waals surface area (Å²) in [5.74, 6) is -2.03. The predicted octanol–water partition coefficient (Wildman–Crippen LogP) is 3.45. The Hall–Kier alpha value is -4.26. The SMILES string of the molecule is C=C(/C=C\C=C(/C)Cl)C(=O)Nc1n[nH]c(C(=O)Nc2nc3cc4c(cc3[nH]2)OC(F)(F)O4)n1. The van der Waals surface area contributed by atoms with E-state index in [-0.39, 0.29) is 40.3 Å². The lowest BCUT2D eigenvalue weighted by molar-refractivity contribution is -0.286. The van der Waals surface area contributed by atoms with Crippen LogP contribution in [0.25, 0.3) is 11.0 Å². The van der Waals surface area contributed by atoms with Gasteiger partial charge in [0.2, 0.25) is 17.7 Å². The fraction of sp³-hybridized carbons (Fsp3) is 0.105. The molecule has 0 fully saturated rings. The topological polar surface area (TPSA) is 147 Å². The molecule has 0 atom stereocenters. The highest BCUT2D eigenvalue weighted by Gasteiger charge is 2.43. The largest absolute Gasteiger partial charge is 0.586 e. The molecule has 0 saturated heterocycles. The van der Waals surface area contributed by atoms with Crippen LogP contribution in [0, 0.1) is 0 Å². The van der Waals surface area contributed by atoms with E-state index in [0.717, 1.165) is 0 Å². The zero-order chi connectivity index (χ0) is 23.8. The van der Waals surface area contributed by atoms with Gasteiger partial charge >= 0.3 is 6.29 Å². The van der Waals surface area contributed by atoms with Crippen molar-refractivity contribution in [2.75, 3.05) is 10.6 Å². The number of anilines is 2. The minimum atomic E-state index is -3.75. The molecule has 4 rings (SSSR count). The molecule has 1 aromatic carbocycles. The van der Waals surface area contributed by atoms with Crippen LogP contribution in [-0.2, 0) is 4.79 Å². The number of rotatable bonds is 6. The molecule has 0 aliphatic carbocycles. The Morgan fingerprint density at radius 2 is 1.94 bits per heavy atom. The number of H-pyrrole nitrogens is 2. The van der Waals surface area contributed by atoms with Crippen molar-refractivity contribution in [1.29, 1.82) is 0 Å². The number of fused-ring (bicyclic) bond motifs is 2. The summed E-state index contributed by atoms with van der Waals surface area (Å²) < 4.78 is 35.1. The van der Waals surface area contributed by atoms with Gasteiger partial charge in [0.1, 0.15) is 0 Å². The van der Waals surface area contributed by atoms with Crippen LogP contribution in [0.4, 0.5) is 20.7 Å². The molecular formula is C19H14ClF2N7O4. The molecule has 11 nitrogen and oxygen atoms in total. The zero-order valence-electron chi connectivity index (χ0n) is 16.7. The van der Waals surface area contributed by atoms with Gasteiger partial charge in [-0.15, -0.1) is 13.9 Å². The Morgan fingerprint density at radius 3 is 2.67 bits per heavy atom. The van der Waals surface area contributed by atoms with Crippen LogP contribution < -0.4 is 20.1 Å². The maximum atomic E-state index is 13.2. The number of carbonyl (C=O) groups excluding carboxylic acids is 2. The van der Waals surface area contributed by atoms with Crippen LogP contribution >= 0.6 is 11.6 Å². The smallest absolute Gasteiger partial charge is 0.395 e. The van der Waals surface area contributed by atoms with Crippen LogP contribution in [-0.4, -0.2) is 43.3 Å². The maximum Gasteiger partial charge on any atom is 0.586 e. The first-order valence-electron chi connectivity index (χ1n) is 9.14. The highest BCUT2D eigenvalue weighted by atomic mass is 35.5. The number of halogens is 3. The molecule has 4 N–H and O–H groups in total. The number of ether oxygens (including phenoxy) is 2. The van der Waals surface area contributed by atoms with Crippen LogP contribution in [0.15, 0.2) is 47.5 Å². The van der Waals surface area contributed by atoms with E-state index in [4.69, 9.17) is 11.6 Å². The summed E-state index contributed by atoms with van der Waals surface area (Å²) in [6.07, 6.45) is 0.819. The number of aromatic nitrogens is 5. The molecule has 14 heteroatoms. The number of hydrogen-bond acceptors (Lipinski definition) is 7. The average molecular weight is 478 g/mol. The molecule has 1 aliphatic heterocycles. The first kappa shape index (κ1) is 22.0. The van der Waals surface area contributed by atoms with Crippen molar-refractivity contribution >= 4 is 46.3 Å². The Balaban J connectivity index is 1.40. The number of benzene rings is 1. The van der Waals surface area contributed by atoms with Gasteiger partial charge in [0, 0.05) is 22.7 Å². The number of nitrogens with one attached hydrogen (secondary N) is 4. The number of aromatic amines is 2. The van der Waals surface area contributed by atoms with Gasteiger partial charge in [-0.1, -0.05) is 30.3 Å². The van der Waals surface area contributed by atoms with Crippen LogP contribution in [0.1, 0.15) is 17.5 Å². The normalized spacial score (nSPS) is 14.6. The van der Waals surface area contributed by atoms with Gasteiger partial charge in [0.05, 0.1) is 11.0 Å². The van der Waals surface area contributed by atoms with Crippen molar-refractivity contribution in [3.63, 3.8) is 0 Å². The Kier molecular flexibility index (Phi) is 5.55. The number of carbonyl (C=O) groups is 2. The Bertz CT molecular complexity index is 1300. The lowest BCUT2D eigenvalue weighted by Crippen LogP contribution is -2.25. The summed E-state index contributed by atoms with van der Waals surface area (Å²) >= 11 is 5.69. The number of allylic oxidation sites excluding steroid dienone is 3. The van der Waals surface area contributed by atoms with Crippen molar-refractivity contribution in [2.24, 2.45) is 0 Å². The summed E-state index contributed by atoms with van der Waals surface area (Å²) in [6, 6.07) is 2.51. The molecule has 0 unspecified atom stereocenters. The van der Waals surface area contributed by atoms with Crippen molar-refractivity contribution in [3.05, 3.63) is 53.4 Å². The molecular weight excluding hydrogens is 464 g/mol. The average Bonchev–Trinajstić information content (AvgIpc) is 3.40. The van der Waals surface area contributed by atoms with E-state index in [1.54, 1.807) is 19.1 Å². The number of amides is 2. The monoisotopic (exact) mass is 477 g/mol. The molecule has 1 aliphatic rings. The van der Waals surface area contributed by atoms with Gasteiger partial charge in [-0.2, -0.15) is 4.98 Å². The second-order valence-corrected chi connectivity index (χ2v) is 7.22. The third-order valence-electron chi connectivity index (χ3n) is 4.08. The van der Waals surface area contributed by atoms with E-state index in [1.165, 1.54) is 18.2 Å². The molecule has 0 saturated carbocycles. The van der Waals surface area contributed by atoms with Crippen molar-refractivity contribution in [1.82, 2.24) is 25.1 Å². The van der Waals surface area contributed by atoms with E-state index in [0.29, 0.717) is 10.5 Å². The summed E-state index contributed by atoms with van der Waals surface area (Å²) in [4.78, 5) is 35.2.